The Morgan fingerprint density at radius 2 is 2.46 bits per heavy atom. The van der Waals surface area contributed by atoms with Gasteiger partial charge in [-0.15, -0.1) is 5.10 Å². The molecule has 0 aliphatic rings. The van der Waals surface area contributed by atoms with Crippen molar-refractivity contribution in [3.63, 3.8) is 0 Å². The lowest BCUT2D eigenvalue weighted by molar-refractivity contribution is 0.605. The van der Waals surface area contributed by atoms with Crippen LogP contribution in [0.5, 0.6) is 0 Å². The Morgan fingerprint density at radius 3 is 2.92 bits per heavy atom. The predicted molar refractivity (Wildman–Crippen MR) is 54.1 cm³/mol. The van der Waals surface area contributed by atoms with Gasteiger partial charge in [0.2, 0.25) is 10.0 Å². The summed E-state index contributed by atoms with van der Waals surface area (Å²) in [5.41, 5.74) is 5.09. The van der Waals surface area contributed by atoms with Crippen molar-refractivity contribution in [3.8, 4) is 0 Å². The highest BCUT2D eigenvalue weighted by molar-refractivity contribution is 7.95. The molecule has 0 aliphatic carbocycles. The lowest BCUT2D eigenvalue weighted by Crippen LogP contribution is -2.26. The van der Waals surface area contributed by atoms with Crippen molar-refractivity contribution in [3.05, 3.63) is 6.20 Å². The van der Waals surface area contributed by atoms with Gasteiger partial charge in [-0.3, -0.25) is 4.72 Å². The summed E-state index contributed by atoms with van der Waals surface area (Å²) in [6, 6.07) is 0. The van der Waals surface area contributed by atoms with Gasteiger partial charge in [-0.25, -0.2) is 8.42 Å². The molecule has 0 fully saturated rings. The Kier molecular flexibility index (Phi) is 3.12. The maximum atomic E-state index is 11.2. The second kappa shape index (κ2) is 3.94. The van der Waals surface area contributed by atoms with E-state index >= 15 is 0 Å². The van der Waals surface area contributed by atoms with Crippen molar-refractivity contribution >= 4 is 43.8 Å². The Balaban J connectivity index is 2.68. The first-order chi connectivity index (χ1) is 5.99. The third-order valence-corrected chi connectivity index (χ3v) is 3.21. The summed E-state index contributed by atoms with van der Waals surface area (Å²) in [4.78, 5) is -0.0787. The van der Waals surface area contributed by atoms with E-state index in [0.29, 0.717) is 5.00 Å². The summed E-state index contributed by atoms with van der Waals surface area (Å²) >= 11 is 5.41. The number of nitrogens with two attached hydrogens (primary N) is 1. The van der Waals surface area contributed by atoms with E-state index in [1.54, 1.807) is 0 Å². The van der Waals surface area contributed by atoms with Crippen LogP contribution in [-0.2, 0) is 10.0 Å². The van der Waals surface area contributed by atoms with Crippen LogP contribution in [0.3, 0.4) is 0 Å². The first kappa shape index (κ1) is 10.3. The molecule has 1 aromatic rings. The normalized spacial score (nSPS) is 11.1. The maximum absolute atomic E-state index is 11.2. The molecule has 72 valence electrons. The Bertz CT molecular complexity index is 384. The van der Waals surface area contributed by atoms with Gasteiger partial charge in [0.05, 0.1) is 11.2 Å². The summed E-state index contributed by atoms with van der Waals surface area (Å²) in [5, 5.41) is 3.81. The fraction of sp³-hybridized carbons (Fsp3) is 0.250. The molecule has 0 atom stereocenters. The van der Waals surface area contributed by atoms with Gasteiger partial charge >= 0.3 is 0 Å². The van der Waals surface area contributed by atoms with Crippen LogP contribution in [0.1, 0.15) is 0 Å². The lowest BCUT2D eigenvalue weighted by atomic mass is 10.8. The molecule has 1 heterocycles. The SMILES string of the molecule is NC(=S)CS(=O)(=O)Nc1cnns1. The van der Waals surface area contributed by atoms with Gasteiger partial charge in [-0.1, -0.05) is 16.7 Å². The van der Waals surface area contributed by atoms with Gasteiger partial charge in [0.1, 0.15) is 10.8 Å². The Labute approximate surface area is 84.4 Å². The van der Waals surface area contributed by atoms with Crippen LogP contribution in [0.4, 0.5) is 5.00 Å². The molecule has 0 saturated heterocycles. The fourth-order valence-corrected chi connectivity index (χ4v) is 2.67. The Morgan fingerprint density at radius 1 is 1.77 bits per heavy atom. The molecule has 1 rings (SSSR count). The number of aromatic nitrogens is 2. The summed E-state index contributed by atoms with van der Waals surface area (Å²) in [7, 11) is -3.49. The number of thiocarbonyl (C=S) groups is 1. The molecular weight excluding hydrogens is 232 g/mol. The molecule has 6 nitrogen and oxygen atoms in total. The molecule has 0 bridgehead atoms. The molecule has 13 heavy (non-hydrogen) atoms. The third kappa shape index (κ3) is 3.61. The zero-order valence-electron chi connectivity index (χ0n) is 6.30. The van der Waals surface area contributed by atoms with Gasteiger partial charge in [0.25, 0.3) is 0 Å². The summed E-state index contributed by atoms with van der Waals surface area (Å²) in [5.74, 6) is -0.375. The highest BCUT2D eigenvalue weighted by Crippen LogP contribution is 2.11. The number of sulfonamides is 1. The number of nitrogens with zero attached hydrogens (tertiary/aromatic N) is 2. The molecule has 0 spiro atoms. The predicted octanol–water partition coefficient (Wildman–Crippen LogP) is -0.434. The molecule has 0 unspecified atom stereocenters. The molecule has 0 radical (unpaired) electrons. The van der Waals surface area contributed by atoms with E-state index in [1.165, 1.54) is 6.20 Å². The minimum absolute atomic E-state index is 0.0787. The maximum Gasteiger partial charge on any atom is 0.239 e. The number of hydrogen-bond donors (Lipinski definition) is 2. The summed E-state index contributed by atoms with van der Waals surface area (Å²) < 4.78 is 28.1. The number of hydrogen-bond acceptors (Lipinski definition) is 6. The molecule has 0 aliphatic heterocycles. The van der Waals surface area contributed by atoms with Crippen molar-refractivity contribution in [1.82, 2.24) is 9.59 Å². The minimum Gasteiger partial charge on any atom is -0.392 e. The number of rotatable bonds is 4. The van der Waals surface area contributed by atoms with Crippen molar-refractivity contribution in [1.29, 1.82) is 0 Å². The fourth-order valence-electron chi connectivity index (χ4n) is 0.589. The first-order valence-electron chi connectivity index (χ1n) is 3.06. The zero-order valence-corrected chi connectivity index (χ0v) is 8.75. The van der Waals surface area contributed by atoms with Crippen LogP contribution in [0.25, 0.3) is 0 Å². The molecule has 0 aromatic carbocycles. The van der Waals surface area contributed by atoms with Gasteiger partial charge < -0.3 is 5.73 Å². The largest absolute Gasteiger partial charge is 0.392 e. The number of nitrogens with one attached hydrogen (secondary N) is 1. The van der Waals surface area contributed by atoms with Gasteiger partial charge in [0, 0.05) is 11.5 Å². The second-order valence-corrected chi connectivity index (χ2v) is 5.14. The highest BCUT2D eigenvalue weighted by Gasteiger charge is 2.12. The average Bonchev–Trinajstić information content (AvgIpc) is 2.34. The molecule has 0 saturated carbocycles. The highest BCUT2D eigenvalue weighted by atomic mass is 32.2. The van der Waals surface area contributed by atoms with E-state index in [9.17, 15) is 8.42 Å². The van der Waals surface area contributed by atoms with Gasteiger partial charge in [-0.05, 0) is 0 Å². The number of anilines is 1. The zero-order chi connectivity index (χ0) is 9.90. The van der Waals surface area contributed by atoms with E-state index in [4.69, 9.17) is 5.73 Å². The van der Waals surface area contributed by atoms with Crippen molar-refractivity contribution in [2.24, 2.45) is 5.73 Å². The molecule has 3 N–H and O–H groups in total. The minimum atomic E-state index is -3.49. The Hall–Kier alpha value is -0.800. The third-order valence-electron chi connectivity index (χ3n) is 0.950. The van der Waals surface area contributed by atoms with E-state index in [0.717, 1.165) is 11.5 Å². The van der Waals surface area contributed by atoms with E-state index in [1.807, 2.05) is 0 Å². The van der Waals surface area contributed by atoms with Crippen molar-refractivity contribution < 1.29 is 8.42 Å². The van der Waals surface area contributed by atoms with E-state index in [-0.39, 0.29) is 10.7 Å². The topological polar surface area (TPSA) is 98.0 Å². The van der Waals surface area contributed by atoms with Crippen molar-refractivity contribution in [2.45, 2.75) is 0 Å². The monoisotopic (exact) mass is 238 g/mol. The average molecular weight is 238 g/mol. The lowest BCUT2D eigenvalue weighted by Gasteiger charge is -2.02. The van der Waals surface area contributed by atoms with E-state index < -0.39 is 10.0 Å². The van der Waals surface area contributed by atoms with Crippen LogP contribution in [0, 0.1) is 0 Å². The van der Waals surface area contributed by atoms with Gasteiger partial charge in [-0.2, -0.15) is 0 Å². The van der Waals surface area contributed by atoms with Crippen molar-refractivity contribution in [2.75, 3.05) is 10.5 Å². The van der Waals surface area contributed by atoms with Crippen LogP contribution in [0.2, 0.25) is 0 Å². The van der Waals surface area contributed by atoms with Gasteiger partial charge in [0.15, 0.2) is 0 Å². The van der Waals surface area contributed by atoms with Crippen LogP contribution < -0.4 is 10.5 Å². The van der Waals surface area contributed by atoms with Crippen LogP contribution in [-0.4, -0.2) is 28.7 Å². The molecule has 9 heteroatoms. The first-order valence-corrected chi connectivity index (χ1v) is 5.89. The van der Waals surface area contributed by atoms with Crippen LogP contribution in [0.15, 0.2) is 6.20 Å². The molecule has 0 amide bonds. The smallest absolute Gasteiger partial charge is 0.239 e. The standard InChI is InChI=1S/C4H6N4O2S3/c5-3(11)2-13(9,10)7-4-1-6-8-12-4/h1,7H,2H2,(H2,5,11). The summed E-state index contributed by atoms with van der Waals surface area (Å²) in [6.07, 6.45) is 1.31. The summed E-state index contributed by atoms with van der Waals surface area (Å²) in [6.45, 7) is 0. The second-order valence-electron chi connectivity index (χ2n) is 2.11. The molecular formula is C4H6N4O2S3. The van der Waals surface area contributed by atoms with E-state index in [2.05, 4.69) is 26.5 Å². The van der Waals surface area contributed by atoms with Crippen LogP contribution >= 0.6 is 23.8 Å². The quantitative estimate of drug-likeness (QED) is 0.690. The molecule has 1 aromatic heterocycles.